The topological polar surface area (TPSA) is 64.1 Å². The van der Waals surface area contributed by atoms with E-state index in [1.807, 2.05) is 4.90 Å². The molecule has 1 aromatic carbocycles. The minimum absolute atomic E-state index is 0.0263. The van der Waals surface area contributed by atoms with Gasteiger partial charge in [0, 0.05) is 45.2 Å². The van der Waals surface area contributed by atoms with E-state index >= 15 is 0 Å². The van der Waals surface area contributed by atoms with Gasteiger partial charge in [-0.2, -0.15) is 0 Å². The summed E-state index contributed by atoms with van der Waals surface area (Å²) in [5, 5.41) is 11.2. The van der Waals surface area contributed by atoms with E-state index in [0.29, 0.717) is 49.2 Å². The van der Waals surface area contributed by atoms with Gasteiger partial charge in [-0.15, -0.1) is 0 Å². The molecule has 176 valence electrons. The third-order valence-electron chi connectivity index (χ3n) is 6.57. The number of hydrogen-bond acceptors (Lipinski definition) is 4. The molecule has 1 aromatic rings. The van der Waals surface area contributed by atoms with Crippen molar-refractivity contribution in [1.82, 2.24) is 14.7 Å². The highest BCUT2D eigenvalue weighted by Gasteiger charge is 2.34. The van der Waals surface area contributed by atoms with E-state index in [0.717, 1.165) is 31.5 Å². The van der Waals surface area contributed by atoms with Gasteiger partial charge in [-0.3, -0.25) is 9.59 Å². The summed E-state index contributed by atoms with van der Waals surface area (Å²) in [4.78, 5) is 31.0. The molecule has 0 aromatic heterocycles. The van der Waals surface area contributed by atoms with Crippen LogP contribution in [0.25, 0.3) is 6.08 Å². The summed E-state index contributed by atoms with van der Waals surface area (Å²) in [6, 6.07) is 5.21. The summed E-state index contributed by atoms with van der Waals surface area (Å²) in [6.07, 6.45) is 5.09. The van der Waals surface area contributed by atoms with Gasteiger partial charge in [-0.05, 0) is 55.1 Å². The van der Waals surface area contributed by atoms with Crippen molar-refractivity contribution in [3.8, 4) is 0 Å². The first-order chi connectivity index (χ1) is 15.2. The van der Waals surface area contributed by atoms with Crippen molar-refractivity contribution in [2.75, 3.05) is 45.8 Å². The summed E-state index contributed by atoms with van der Waals surface area (Å²) < 4.78 is 0. The molecular formula is C24H33Cl2N3O3. The number of aliphatic hydroxyl groups excluding tert-OH is 1. The SMILES string of the molecule is CC1(C)CCN(CCCN2CCN(C(=O)/C=C/c3ccc(Cl)c(Cl)c3)CCC2=O)CC1O. The van der Waals surface area contributed by atoms with E-state index in [-0.39, 0.29) is 23.3 Å². The first kappa shape index (κ1) is 25.0. The maximum Gasteiger partial charge on any atom is 0.246 e. The summed E-state index contributed by atoms with van der Waals surface area (Å²) in [7, 11) is 0. The van der Waals surface area contributed by atoms with Gasteiger partial charge in [0.2, 0.25) is 11.8 Å². The number of aliphatic hydroxyl groups is 1. The first-order valence-corrected chi connectivity index (χ1v) is 12.0. The largest absolute Gasteiger partial charge is 0.391 e. The lowest BCUT2D eigenvalue weighted by Gasteiger charge is -2.41. The van der Waals surface area contributed by atoms with Crippen LogP contribution in [0.4, 0.5) is 0 Å². The number of rotatable bonds is 6. The van der Waals surface area contributed by atoms with Gasteiger partial charge in [0.05, 0.1) is 16.1 Å². The molecule has 0 bridgehead atoms. The van der Waals surface area contributed by atoms with E-state index < -0.39 is 0 Å². The number of amides is 2. The summed E-state index contributed by atoms with van der Waals surface area (Å²) >= 11 is 11.9. The van der Waals surface area contributed by atoms with Crippen LogP contribution in [0.15, 0.2) is 24.3 Å². The third kappa shape index (κ3) is 6.70. The van der Waals surface area contributed by atoms with Crippen LogP contribution >= 0.6 is 23.2 Å². The molecule has 0 radical (unpaired) electrons. The van der Waals surface area contributed by atoms with Crippen LogP contribution in [-0.4, -0.2) is 83.5 Å². The molecule has 2 amide bonds. The molecule has 32 heavy (non-hydrogen) atoms. The molecule has 0 spiro atoms. The minimum Gasteiger partial charge on any atom is -0.391 e. The normalized spacial score (nSPS) is 22.4. The fourth-order valence-corrected chi connectivity index (χ4v) is 4.40. The molecule has 2 fully saturated rings. The van der Waals surface area contributed by atoms with Gasteiger partial charge in [-0.1, -0.05) is 43.1 Å². The molecule has 2 aliphatic heterocycles. The van der Waals surface area contributed by atoms with Crippen LogP contribution < -0.4 is 0 Å². The van der Waals surface area contributed by atoms with Gasteiger partial charge in [0.1, 0.15) is 0 Å². The number of halogens is 2. The lowest BCUT2D eigenvalue weighted by molar-refractivity contribution is -0.130. The fourth-order valence-electron chi connectivity index (χ4n) is 4.10. The van der Waals surface area contributed by atoms with E-state index in [1.54, 1.807) is 29.2 Å². The number of benzene rings is 1. The molecule has 1 atom stereocenters. The lowest BCUT2D eigenvalue weighted by atomic mass is 9.80. The van der Waals surface area contributed by atoms with Crippen molar-refractivity contribution in [1.29, 1.82) is 0 Å². The standard InChI is InChI=1S/C24H33Cl2N3O3/c1-24(2)9-13-27(17-21(24)30)10-3-11-28-14-15-29(12-8-23(28)32)22(31)7-5-18-4-6-19(25)20(26)16-18/h4-7,16,21,30H,3,8-15,17H2,1-2H3/b7-5+. The summed E-state index contributed by atoms with van der Waals surface area (Å²) in [5.74, 6) is -0.0239. The fraction of sp³-hybridized carbons (Fsp3) is 0.583. The van der Waals surface area contributed by atoms with E-state index in [9.17, 15) is 14.7 Å². The van der Waals surface area contributed by atoms with Crippen LogP contribution in [-0.2, 0) is 9.59 Å². The first-order valence-electron chi connectivity index (χ1n) is 11.3. The maximum atomic E-state index is 12.6. The highest BCUT2D eigenvalue weighted by Crippen LogP contribution is 2.30. The van der Waals surface area contributed by atoms with Gasteiger partial charge in [0.25, 0.3) is 0 Å². The minimum atomic E-state index is -0.312. The average Bonchev–Trinajstić information content (AvgIpc) is 2.93. The van der Waals surface area contributed by atoms with Crippen molar-refractivity contribution in [3.63, 3.8) is 0 Å². The van der Waals surface area contributed by atoms with Crippen LogP contribution in [0.1, 0.15) is 38.7 Å². The molecule has 1 unspecified atom stereocenters. The average molecular weight is 482 g/mol. The zero-order valence-electron chi connectivity index (χ0n) is 18.9. The molecule has 1 N–H and O–H groups in total. The second-order valence-corrected chi connectivity index (χ2v) is 10.2. The van der Waals surface area contributed by atoms with Crippen molar-refractivity contribution < 1.29 is 14.7 Å². The molecule has 0 saturated carbocycles. The molecule has 0 aliphatic carbocycles. The quantitative estimate of drug-likeness (QED) is 0.630. The number of piperidine rings is 1. The Kier molecular flexibility index (Phi) is 8.62. The zero-order valence-corrected chi connectivity index (χ0v) is 20.4. The maximum absolute atomic E-state index is 12.6. The van der Waals surface area contributed by atoms with E-state index in [2.05, 4.69) is 18.7 Å². The van der Waals surface area contributed by atoms with Crippen molar-refractivity contribution in [2.45, 2.75) is 39.2 Å². The van der Waals surface area contributed by atoms with Gasteiger partial charge in [0.15, 0.2) is 0 Å². The van der Waals surface area contributed by atoms with Crippen LogP contribution in [0.3, 0.4) is 0 Å². The summed E-state index contributed by atoms with van der Waals surface area (Å²) in [5.41, 5.74) is 0.771. The highest BCUT2D eigenvalue weighted by atomic mass is 35.5. The predicted octanol–water partition coefficient (Wildman–Crippen LogP) is 3.55. The van der Waals surface area contributed by atoms with Crippen molar-refractivity contribution in [2.24, 2.45) is 5.41 Å². The number of nitrogens with zero attached hydrogens (tertiary/aromatic N) is 3. The molecular weight excluding hydrogens is 449 g/mol. The van der Waals surface area contributed by atoms with Gasteiger partial charge >= 0.3 is 0 Å². The van der Waals surface area contributed by atoms with Gasteiger partial charge < -0.3 is 19.8 Å². The number of likely N-dealkylation sites (tertiary alicyclic amines) is 1. The number of hydrogen-bond donors (Lipinski definition) is 1. The van der Waals surface area contributed by atoms with E-state index in [1.165, 1.54) is 6.08 Å². The number of β-amino-alcohol motifs (C(OH)–C–C–N with tert-alkyl or cyclic N) is 1. The lowest BCUT2D eigenvalue weighted by Crippen LogP contribution is -2.48. The Bertz CT molecular complexity index is 859. The van der Waals surface area contributed by atoms with Crippen LogP contribution in [0.5, 0.6) is 0 Å². The van der Waals surface area contributed by atoms with Crippen LogP contribution in [0, 0.1) is 5.41 Å². The molecule has 2 saturated heterocycles. The second-order valence-electron chi connectivity index (χ2n) is 9.37. The van der Waals surface area contributed by atoms with E-state index in [4.69, 9.17) is 23.2 Å². The Morgan fingerprint density at radius 1 is 1.16 bits per heavy atom. The van der Waals surface area contributed by atoms with Crippen molar-refractivity contribution >= 4 is 41.1 Å². The molecule has 3 rings (SSSR count). The van der Waals surface area contributed by atoms with Crippen LogP contribution in [0.2, 0.25) is 10.0 Å². The number of carbonyl (C=O) groups excluding carboxylic acids is 2. The Morgan fingerprint density at radius 2 is 1.94 bits per heavy atom. The Hall–Kier alpha value is -1.60. The summed E-state index contributed by atoms with van der Waals surface area (Å²) in [6.45, 7) is 8.91. The second kappa shape index (κ2) is 11.0. The third-order valence-corrected chi connectivity index (χ3v) is 7.31. The molecule has 2 heterocycles. The van der Waals surface area contributed by atoms with Gasteiger partial charge in [-0.25, -0.2) is 0 Å². The molecule has 6 nitrogen and oxygen atoms in total. The Labute approximate surface area is 200 Å². The molecule has 2 aliphatic rings. The van der Waals surface area contributed by atoms with Crippen molar-refractivity contribution in [3.05, 3.63) is 39.9 Å². The smallest absolute Gasteiger partial charge is 0.246 e. The zero-order chi connectivity index (χ0) is 23.3. The Balaban J connectivity index is 1.45. The Morgan fingerprint density at radius 3 is 2.66 bits per heavy atom. The predicted molar refractivity (Wildman–Crippen MR) is 129 cm³/mol. The molecule has 8 heteroatoms. The number of carbonyl (C=O) groups is 2. The monoisotopic (exact) mass is 481 g/mol. The highest BCUT2D eigenvalue weighted by molar-refractivity contribution is 6.42.